The molecule has 2 aliphatic rings. The Morgan fingerprint density at radius 3 is 2.96 bits per heavy atom. The summed E-state index contributed by atoms with van der Waals surface area (Å²) in [5.74, 6) is -1.58. The van der Waals surface area contributed by atoms with Crippen molar-refractivity contribution in [1.82, 2.24) is 0 Å². The molecule has 1 aliphatic heterocycles. The molecule has 0 aromatic carbocycles. The van der Waals surface area contributed by atoms with Crippen molar-refractivity contribution in [2.75, 3.05) is 6.61 Å². The molecule has 6 nitrogen and oxygen atoms in total. The largest absolute Gasteiger partial charge is 0.461 e. The zero-order valence-corrected chi connectivity index (χ0v) is 13.0. The molecule has 0 aromatic heterocycles. The molecular formula is C17H20O6. The number of fused-ring (bicyclic) bond motifs is 1. The molecule has 1 fully saturated rings. The van der Waals surface area contributed by atoms with Gasteiger partial charge < -0.3 is 14.6 Å². The molecule has 124 valence electrons. The van der Waals surface area contributed by atoms with Gasteiger partial charge in [0.05, 0.1) is 12.0 Å². The Morgan fingerprint density at radius 1 is 1.57 bits per heavy atom. The van der Waals surface area contributed by atoms with E-state index in [0.717, 1.165) is 5.57 Å². The molecule has 0 aromatic rings. The Morgan fingerprint density at radius 2 is 2.30 bits per heavy atom. The highest BCUT2D eigenvalue weighted by Gasteiger charge is 2.42. The fourth-order valence-electron chi connectivity index (χ4n) is 2.82. The van der Waals surface area contributed by atoms with Gasteiger partial charge >= 0.3 is 11.9 Å². The summed E-state index contributed by atoms with van der Waals surface area (Å²) in [7, 11) is 0. The normalized spacial score (nSPS) is 28.2. The van der Waals surface area contributed by atoms with E-state index in [2.05, 4.69) is 6.58 Å². The maximum absolute atomic E-state index is 11.8. The second-order valence-electron chi connectivity index (χ2n) is 5.73. The molecule has 1 N–H and O–H groups in total. The maximum atomic E-state index is 11.8. The van der Waals surface area contributed by atoms with Crippen molar-refractivity contribution in [3.8, 4) is 0 Å². The Balaban J connectivity index is 2.31. The average Bonchev–Trinajstić information content (AvgIpc) is 2.77. The van der Waals surface area contributed by atoms with Gasteiger partial charge in [-0.25, -0.2) is 4.79 Å². The Bertz CT molecular complexity index is 586. The van der Waals surface area contributed by atoms with Crippen LogP contribution in [0.15, 0.2) is 35.5 Å². The highest BCUT2D eigenvalue weighted by molar-refractivity contribution is 5.91. The number of hydrogen-bond donors (Lipinski definition) is 1. The molecule has 3 atom stereocenters. The first-order valence-electron chi connectivity index (χ1n) is 7.47. The van der Waals surface area contributed by atoms with Crippen molar-refractivity contribution in [3.05, 3.63) is 35.5 Å². The van der Waals surface area contributed by atoms with Gasteiger partial charge in [-0.15, -0.1) is 0 Å². The van der Waals surface area contributed by atoms with Crippen LogP contribution in [0.2, 0.25) is 0 Å². The van der Waals surface area contributed by atoms with Crippen LogP contribution in [0.1, 0.15) is 26.2 Å². The molecular weight excluding hydrogens is 300 g/mol. The van der Waals surface area contributed by atoms with Crippen molar-refractivity contribution >= 4 is 18.2 Å². The van der Waals surface area contributed by atoms with Crippen LogP contribution in [-0.4, -0.2) is 42.1 Å². The molecule has 0 amide bonds. The summed E-state index contributed by atoms with van der Waals surface area (Å²) >= 11 is 0. The first kappa shape index (κ1) is 17.1. The summed E-state index contributed by atoms with van der Waals surface area (Å²) in [6.07, 6.45) is 3.84. The summed E-state index contributed by atoms with van der Waals surface area (Å²) in [4.78, 5) is 33.9. The number of carbonyl (C=O) groups excluding carboxylic acids is 3. The van der Waals surface area contributed by atoms with Crippen molar-refractivity contribution in [3.63, 3.8) is 0 Å². The number of carbonyl (C=O) groups is 3. The number of aliphatic hydroxyl groups excluding tert-OH is 1. The Hall–Kier alpha value is -2.21. The van der Waals surface area contributed by atoms with Crippen LogP contribution in [-0.2, 0) is 23.9 Å². The lowest BCUT2D eigenvalue weighted by Gasteiger charge is -2.23. The third kappa shape index (κ3) is 4.16. The predicted octanol–water partition coefficient (Wildman–Crippen LogP) is 1.24. The molecule has 23 heavy (non-hydrogen) atoms. The second kappa shape index (κ2) is 7.37. The van der Waals surface area contributed by atoms with Gasteiger partial charge in [0, 0.05) is 18.9 Å². The molecule has 1 heterocycles. The summed E-state index contributed by atoms with van der Waals surface area (Å²) in [5.41, 5.74) is 1.43. The van der Waals surface area contributed by atoms with Crippen LogP contribution in [0.25, 0.3) is 0 Å². The van der Waals surface area contributed by atoms with E-state index in [0.29, 0.717) is 24.7 Å². The standard InChI is InChI=1S/C17H20O6/c1-10-16-14(20)6-12(8-18)4-3-5-13(9-22-11(2)19)7-15(16)23-17(10)21/h4,7-8,14-16,20H,1,3,5-6,9H2,2H3. The van der Waals surface area contributed by atoms with E-state index in [1.807, 2.05) is 0 Å². The summed E-state index contributed by atoms with van der Waals surface area (Å²) in [5, 5.41) is 10.4. The minimum atomic E-state index is -0.945. The van der Waals surface area contributed by atoms with Gasteiger partial charge in [0.25, 0.3) is 0 Å². The Labute approximate surface area is 134 Å². The van der Waals surface area contributed by atoms with Crippen LogP contribution < -0.4 is 0 Å². The fourth-order valence-corrected chi connectivity index (χ4v) is 2.82. The first-order chi connectivity index (χ1) is 10.9. The van der Waals surface area contributed by atoms with Crippen molar-refractivity contribution in [1.29, 1.82) is 0 Å². The zero-order valence-electron chi connectivity index (χ0n) is 13.0. The summed E-state index contributed by atoms with van der Waals surface area (Å²) < 4.78 is 10.3. The minimum Gasteiger partial charge on any atom is -0.461 e. The van der Waals surface area contributed by atoms with E-state index >= 15 is 0 Å². The van der Waals surface area contributed by atoms with E-state index in [1.165, 1.54) is 6.92 Å². The quantitative estimate of drug-likeness (QED) is 0.364. The minimum absolute atomic E-state index is 0.0862. The molecule has 3 unspecified atom stereocenters. The first-order valence-corrected chi connectivity index (χ1v) is 7.47. The van der Waals surface area contributed by atoms with E-state index in [1.54, 1.807) is 12.2 Å². The second-order valence-corrected chi connectivity index (χ2v) is 5.73. The Kier molecular flexibility index (Phi) is 5.50. The number of ether oxygens (including phenoxy) is 2. The van der Waals surface area contributed by atoms with Gasteiger partial charge in [0.1, 0.15) is 19.0 Å². The third-order valence-electron chi connectivity index (χ3n) is 4.01. The average molecular weight is 320 g/mol. The number of rotatable bonds is 3. The third-order valence-corrected chi connectivity index (χ3v) is 4.01. The van der Waals surface area contributed by atoms with Gasteiger partial charge in [-0.1, -0.05) is 12.7 Å². The van der Waals surface area contributed by atoms with Crippen LogP contribution in [0, 0.1) is 5.92 Å². The van der Waals surface area contributed by atoms with Gasteiger partial charge in [-0.05, 0) is 30.1 Å². The number of hydrogen-bond acceptors (Lipinski definition) is 6. The number of aliphatic hydroxyl groups is 1. The van der Waals surface area contributed by atoms with E-state index in [9.17, 15) is 19.5 Å². The smallest absolute Gasteiger partial charge is 0.334 e. The van der Waals surface area contributed by atoms with E-state index < -0.39 is 30.1 Å². The van der Waals surface area contributed by atoms with Crippen LogP contribution in [0.5, 0.6) is 0 Å². The molecule has 1 aliphatic carbocycles. The lowest BCUT2D eigenvalue weighted by molar-refractivity contribution is -0.140. The van der Waals surface area contributed by atoms with Gasteiger partial charge in [0.2, 0.25) is 0 Å². The van der Waals surface area contributed by atoms with Gasteiger partial charge in [-0.2, -0.15) is 0 Å². The fraction of sp³-hybridized carbons (Fsp3) is 0.471. The summed E-state index contributed by atoms with van der Waals surface area (Å²) in [6, 6.07) is 0. The van der Waals surface area contributed by atoms with Gasteiger partial charge in [0.15, 0.2) is 0 Å². The topological polar surface area (TPSA) is 89.9 Å². The number of aldehydes is 1. The molecule has 2 rings (SSSR count). The predicted molar refractivity (Wildman–Crippen MR) is 81.2 cm³/mol. The van der Waals surface area contributed by atoms with Crippen LogP contribution in [0.3, 0.4) is 0 Å². The monoisotopic (exact) mass is 320 g/mol. The number of esters is 2. The van der Waals surface area contributed by atoms with Crippen LogP contribution >= 0.6 is 0 Å². The molecule has 0 bridgehead atoms. The van der Waals surface area contributed by atoms with Crippen molar-refractivity contribution in [2.45, 2.75) is 38.4 Å². The van der Waals surface area contributed by atoms with Crippen molar-refractivity contribution < 1.29 is 29.0 Å². The lowest BCUT2D eigenvalue weighted by atomic mass is 9.85. The molecule has 1 saturated heterocycles. The molecule has 0 spiro atoms. The SMILES string of the molecule is C=C1C(=O)OC2C=C(COC(C)=O)CCC=C(C=O)CC(O)C12. The molecule has 0 radical (unpaired) electrons. The highest BCUT2D eigenvalue weighted by Crippen LogP contribution is 2.34. The number of allylic oxidation sites excluding steroid dienone is 1. The zero-order chi connectivity index (χ0) is 17.0. The van der Waals surface area contributed by atoms with Crippen LogP contribution in [0.4, 0.5) is 0 Å². The van der Waals surface area contributed by atoms with E-state index in [4.69, 9.17) is 9.47 Å². The van der Waals surface area contributed by atoms with Crippen molar-refractivity contribution in [2.24, 2.45) is 5.92 Å². The molecule has 6 heteroatoms. The summed E-state index contributed by atoms with van der Waals surface area (Å²) in [6.45, 7) is 5.09. The highest BCUT2D eigenvalue weighted by atomic mass is 16.6. The lowest BCUT2D eigenvalue weighted by Crippen LogP contribution is -2.29. The van der Waals surface area contributed by atoms with E-state index in [-0.39, 0.29) is 18.6 Å². The van der Waals surface area contributed by atoms with Gasteiger partial charge in [-0.3, -0.25) is 9.59 Å². The molecule has 0 saturated carbocycles. The maximum Gasteiger partial charge on any atom is 0.334 e.